The monoisotopic (exact) mass is 202 g/mol. The predicted octanol–water partition coefficient (Wildman–Crippen LogP) is 1.08. The highest BCUT2D eigenvalue weighted by molar-refractivity contribution is 7.92. The van der Waals surface area contributed by atoms with E-state index in [1.807, 2.05) is 0 Å². The van der Waals surface area contributed by atoms with Crippen LogP contribution >= 0.6 is 0 Å². The fraction of sp³-hybridized carbons (Fsp3) is 0.889. The maximum atomic E-state index is 11.8. The summed E-state index contributed by atoms with van der Waals surface area (Å²) in [5.41, 5.74) is 0. The SMILES string of the molecule is O=C1CCC2CCCC(C1)S2(=O)=O. The van der Waals surface area contributed by atoms with Crippen LogP contribution in [0.25, 0.3) is 0 Å². The van der Waals surface area contributed by atoms with Crippen molar-refractivity contribution in [3.05, 3.63) is 0 Å². The molecule has 2 saturated heterocycles. The van der Waals surface area contributed by atoms with Crippen LogP contribution in [0.15, 0.2) is 0 Å². The van der Waals surface area contributed by atoms with Gasteiger partial charge in [-0.25, -0.2) is 8.42 Å². The molecule has 2 atom stereocenters. The second kappa shape index (κ2) is 3.08. The normalized spacial score (nSPS) is 38.3. The third kappa shape index (κ3) is 1.52. The lowest BCUT2D eigenvalue weighted by molar-refractivity contribution is -0.119. The lowest BCUT2D eigenvalue weighted by Gasteiger charge is -2.25. The molecule has 2 heterocycles. The van der Waals surface area contributed by atoms with Crippen molar-refractivity contribution < 1.29 is 13.2 Å². The van der Waals surface area contributed by atoms with E-state index in [1.54, 1.807) is 0 Å². The van der Waals surface area contributed by atoms with E-state index in [0.717, 1.165) is 12.8 Å². The molecule has 3 nitrogen and oxygen atoms in total. The van der Waals surface area contributed by atoms with E-state index in [9.17, 15) is 13.2 Å². The number of fused-ring (bicyclic) bond motifs is 2. The van der Waals surface area contributed by atoms with Crippen LogP contribution < -0.4 is 0 Å². The third-order valence-corrected chi connectivity index (χ3v) is 5.91. The number of Topliss-reactive ketones (excluding diaryl/α,β-unsaturated/α-hetero) is 1. The largest absolute Gasteiger partial charge is 0.300 e. The van der Waals surface area contributed by atoms with Gasteiger partial charge in [-0.05, 0) is 19.3 Å². The Morgan fingerprint density at radius 3 is 2.54 bits per heavy atom. The Kier molecular flexibility index (Phi) is 2.18. The summed E-state index contributed by atoms with van der Waals surface area (Å²) in [4.78, 5) is 11.2. The van der Waals surface area contributed by atoms with Crippen molar-refractivity contribution >= 4 is 15.6 Å². The first-order chi connectivity index (χ1) is 6.10. The second-order valence-electron chi connectivity index (χ2n) is 4.05. The zero-order valence-electron chi connectivity index (χ0n) is 7.53. The van der Waals surface area contributed by atoms with E-state index in [0.29, 0.717) is 19.3 Å². The van der Waals surface area contributed by atoms with Crippen LogP contribution in [-0.2, 0) is 14.6 Å². The molecule has 2 fully saturated rings. The zero-order chi connectivity index (χ0) is 9.47. The summed E-state index contributed by atoms with van der Waals surface area (Å²) >= 11 is 0. The Morgan fingerprint density at radius 2 is 1.77 bits per heavy atom. The van der Waals surface area contributed by atoms with E-state index >= 15 is 0 Å². The third-order valence-electron chi connectivity index (χ3n) is 3.18. The highest BCUT2D eigenvalue weighted by Crippen LogP contribution is 2.33. The molecule has 0 saturated carbocycles. The van der Waals surface area contributed by atoms with Crippen LogP contribution in [0.2, 0.25) is 0 Å². The molecule has 0 aliphatic carbocycles. The van der Waals surface area contributed by atoms with E-state index in [1.165, 1.54) is 0 Å². The number of sulfone groups is 1. The molecule has 74 valence electrons. The average molecular weight is 202 g/mol. The van der Waals surface area contributed by atoms with Crippen molar-refractivity contribution in [1.82, 2.24) is 0 Å². The van der Waals surface area contributed by atoms with Gasteiger partial charge in [-0.3, -0.25) is 4.79 Å². The second-order valence-corrected chi connectivity index (χ2v) is 6.56. The van der Waals surface area contributed by atoms with Gasteiger partial charge in [0.1, 0.15) is 5.78 Å². The van der Waals surface area contributed by atoms with E-state index in [2.05, 4.69) is 0 Å². The molecule has 2 aliphatic heterocycles. The molecule has 0 aromatic rings. The van der Waals surface area contributed by atoms with Crippen LogP contribution in [-0.4, -0.2) is 24.7 Å². The number of hydrogen-bond donors (Lipinski definition) is 0. The molecular formula is C9H14O3S. The number of ketones is 1. The molecular weight excluding hydrogens is 188 g/mol. The molecule has 0 aromatic carbocycles. The van der Waals surface area contributed by atoms with Gasteiger partial charge in [-0.15, -0.1) is 0 Å². The Hall–Kier alpha value is -0.380. The number of hydrogen-bond acceptors (Lipinski definition) is 3. The van der Waals surface area contributed by atoms with Crippen molar-refractivity contribution in [1.29, 1.82) is 0 Å². The molecule has 2 unspecified atom stereocenters. The summed E-state index contributed by atoms with van der Waals surface area (Å²) in [6.45, 7) is 0. The first-order valence-corrected chi connectivity index (χ1v) is 6.46. The molecule has 0 amide bonds. The van der Waals surface area contributed by atoms with Crippen LogP contribution in [0, 0.1) is 0 Å². The quantitative estimate of drug-likeness (QED) is 0.590. The summed E-state index contributed by atoms with van der Waals surface area (Å²) in [7, 11) is -2.96. The maximum absolute atomic E-state index is 11.8. The first-order valence-electron chi connectivity index (χ1n) is 4.85. The summed E-state index contributed by atoms with van der Waals surface area (Å²) in [6.07, 6.45) is 3.76. The Morgan fingerprint density at radius 1 is 1.08 bits per heavy atom. The summed E-state index contributed by atoms with van der Waals surface area (Å²) in [5, 5.41) is -0.557. The van der Waals surface area contributed by atoms with E-state index < -0.39 is 9.84 Å². The first kappa shape index (κ1) is 9.19. The fourth-order valence-corrected chi connectivity index (χ4v) is 4.78. The van der Waals surface area contributed by atoms with Crippen molar-refractivity contribution in [2.24, 2.45) is 0 Å². The highest BCUT2D eigenvalue weighted by Gasteiger charge is 2.40. The molecule has 0 aromatic heterocycles. The van der Waals surface area contributed by atoms with Gasteiger partial charge in [0.25, 0.3) is 0 Å². The van der Waals surface area contributed by atoms with Gasteiger partial charge in [0.2, 0.25) is 0 Å². The highest BCUT2D eigenvalue weighted by atomic mass is 32.2. The summed E-state index contributed by atoms with van der Waals surface area (Å²) in [6, 6.07) is 0. The molecule has 4 heteroatoms. The maximum Gasteiger partial charge on any atom is 0.156 e. The van der Waals surface area contributed by atoms with Crippen molar-refractivity contribution in [2.45, 2.75) is 49.0 Å². The van der Waals surface area contributed by atoms with Gasteiger partial charge in [-0.2, -0.15) is 0 Å². The van der Waals surface area contributed by atoms with Crippen LogP contribution in [0.5, 0.6) is 0 Å². The number of carbonyl (C=O) groups is 1. The van der Waals surface area contributed by atoms with Gasteiger partial charge in [0, 0.05) is 12.8 Å². The van der Waals surface area contributed by atoms with Gasteiger partial charge in [0.05, 0.1) is 10.5 Å². The van der Waals surface area contributed by atoms with Gasteiger partial charge in [-0.1, -0.05) is 6.42 Å². The predicted molar refractivity (Wildman–Crippen MR) is 49.2 cm³/mol. The smallest absolute Gasteiger partial charge is 0.156 e. The Labute approximate surface area is 78.4 Å². The summed E-state index contributed by atoms with van der Waals surface area (Å²) in [5.74, 6) is 0.137. The van der Waals surface area contributed by atoms with Crippen molar-refractivity contribution in [3.8, 4) is 0 Å². The standard InChI is InChI=1S/C9H14O3S/c10-7-4-5-8-2-1-3-9(6-7)13(8,11)12/h8-9H,1-6H2. The molecule has 2 rings (SSSR count). The van der Waals surface area contributed by atoms with Crippen molar-refractivity contribution in [3.63, 3.8) is 0 Å². The average Bonchev–Trinajstić information content (AvgIpc) is 2.17. The number of rotatable bonds is 0. The van der Waals surface area contributed by atoms with E-state index in [-0.39, 0.29) is 22.7 Å². The van der Waals surface area contributed by atoms with Gasteiger partial charge in [0.15, 0.2) is 9.84 Å². The molecule has 0 N–H and O–H groups in total. The lowest BCUT2D eigenvalue weighted by atomic mass is 10.1. The fourth-order valence-electron chi connectivity index (χ4n) is 2.38. The minimum Gasteiger partial charge on any atom is -0.300 e. The lowest BCUT2D eigenvalue weighted by Crippen LogP contribution is -2.34. The molecule has 2 aliphatic rings. The van der Waals surface area contributed by atoms with Crippen LogP contribution in [0.1, 0.15) is 38.5 Å². The molecule has 2 bridgehead atoms. The number of carbonyl (C=O) groups excluding carboxylic acids is 1. The van der Waals surface area contributed by atoms with Gasteiger partial charge < -0.3 is 0 Å². The van der Waals surface area contributed by atoms with Crippen molar-refractivity contribution in [2.75, 3.05) is 0 Å². The van der Waals surface area contributed by atoms with Crippen LogP contribution in [0.3, 0.4) is 0 Å². The minimum absolute atomic E-state index is 0.137. The zero-order valence-corrected chi connectivity index (χ0v) is 8.35. The Balaban J connectivity index is 2.35. The molecule has 13 heavy (non-hydrogen) atoms. The van der Waals surface area contributed by atoms with Gasteiger partial charge >= 0.3 is 0 Å². The summed E-state index contributed by atoms with van der Waals surface area (Å²) < 4.78 is 23.6. The minimum atomic E-state index is -2.96. The van der Waals surface area contributed by atoms with Crippen LogP contribution in [0.4, 0.5) is 0 Å². The van der Waals surface area contributed by atoms with E-state index in [4.69, 9.17) is 0 Å². The molecule has 0 radical (unpaired) electrons. The Bertz CT molecular complexity index is 318. The molecule has 0 spiro atoms. The topological polar surface area (TPSA) is 51.2 Å².